The van der Waals surface area contributed by atoms with Crippen LogP contribution in [-0.2, 0) is 4.79 Å². The molecule has 0 atom stereocenters. The Morgan fingerprint density at radius 1 is 1.44 bits per heavy atom. The van der Waals surface area contributed by atoms with E-state index in [2.05, 4.69) is 5.32 Å². The van der Waals surface area contributed by atoms with Crippen LogP contribution in [0, 0.1) is 0 Å². The van der Waals surface area contributed by atoms with Gasteiger partial charge in [0.1, 0.15) is 5.75 Å². The van der Waals surface area contributed by atoms with Crippen LogP contribution < -0.4 is 10.1 Å². The van der Waals surface area contributed by atoms with E-state index in [0.29, 0.717) is 5.75 Å². The molecule has 2 N–H and O–H groups in total. The Morgan fingerprint density at radius 2 is 2.12 bits per heavy atom. The second-order valence-electron chi connectivity index (χ2n) is 3.04. The molecule has 0 saturated carbocycles. The van der Waals surface area contributed by atoms with Crippen molar-refractivity contribution in [3.63, 3.8) is 0 Å². The zero-order valence-electron chi connectivity index (χ0n) is 9.10. The maximum atomic E-state index is 11.1. The van der Waals surface area contributed by atoms with E-state index in [4.69, 9.17) is 9.84 Å². The highest BCUT2D eigenvalue weighted by Crippen LogP contribution is 2.18. The average Bonchev–Trinajstić information content (AvgIpc) is 2.34. The summed E-state index contributed by atoms with van der Waals surface area (Å²) in [5.41, 5.74) is 0. The van der Waals surface area contributed by atoms with E-state index in [1.165, 1.54) is 0 Å². The Bertz CT molecular complexity index is 327. The first-order chi connectivity index (χ1) is 7.76. The highest BCUT2D eigenvalue weighted by molar-refractivity contribution is 7.98. The fourth-order valence-electron chi connectivity index (χ4n) is 1.07. The summed E-state index contributed by atoms with van der Waals surface area (Å²) < 4.78 is 5.26. The lowest BCUT2D eigenvalue weighted by Gasteiger charge is -2.06. The van der Waals surface area contributed by atoms with Gasteiger partial charge in [-0.1, -0.05) is 0 Å². The first-order valence-corrected chi connectivity index (χ1v) is 6.13. The Labute approximate surface area is 99.0 Å². The quantitative estimate of drug-likeness (QED) is 0.726. The van der Waals surface area contributed by atoms with Gasteiger partial charge in [-0.2, -0.15) is 0 Å². The number of hydrogen-bond donors (Lipinski definition) is 2. The van der Waals surface area contributed by atoms with Crippen molar-refractivity contribution in [2.75, 3.05) is 26.0 Å². The van der Waals surface area contributed by atoms with E-state index < -0.39 is 0 Å². The van der Waals surface area contributed by atoms with Crippen LogP contribution in [0.5, 0.6) is 5.75 Å². The summed E-state index contributed by atoms with van der Waals surface area (Å²) in [7, 11) is 0. The van der Waals surface area contributed by atoms with Crippen LogP contribution in [0.3, 0.4) is 0 Å². The minimum Gasteiger partial charge on any atom is -0.484 e. The lowest BCUT2D eigenvalue weighted by Crippen LogP contribution is -2.31. The highest BCUT2D eigenvalue weighted by Gasteiger charge is 2.01. The maximum Gasteiger partial charge on any atom is 0.258 e. The molecule has 0 aromatic heterocycles. The van der Waals surface area contributed by atoms with E-state index in [1.807, 2.05) is 30.5 Å². The molecule has 0 radical (unpaired) electrons. The van der Waals surface area contributed by atoms with E-state index in [0.717, 1.165) is 4.90 Å². The molecule has 1 aromatic carbocycles. The third kappa shape index (κ3) is 4.55. The van der Waals surface area contributed by atoms with Gasteiger partial charge in [-0.05, 0) is 30.5 Å². The van der Waals surface area contributed by atoms with Gasteiger partial charge in [-0.15, -0.1) is 11.8 Å². The number of carbonyl (C=O) groups is 1. The molecule has 16 heavy (non-hydrogen) atoms. The maximum absolute atomic E-state index is 11.1. The third-order valence-corrected chi connectivity index (χ3v) is 2.61. The number of aliphatic hydroxyl groups excluding tert-OH is 1. The zero-order chi connectivity index (χ0) is 11.8. The fourth-order valence-corrected chi connectivity index (χ4v) is 1.48. The molecule has 4 nitrogen and oxygen atoms in total. The van der Waals surface area contributed by atoms with Crippen molar-refractivity contribution >= 4 is 17.7 Å². The monoisotopic (exact) mass is 241 g/mol. The van der Waals surface area contributed by atoms with Crippen molar-refractivity contribution in [3.8, 4) is 5.75 Å². The fraction of sp³-hybridized carbons (Fsp3) is 0.364. The normalized spacial score (nSPS) is 9.88. The number of ether oxygens (including phenoxy) is 1. The summed E-state index contributed by atoms with van der Waals surface area (Å²) in [6, 6.07) is 7.52. The predicted molar refractivity (Wildman–Crippen MR) is 63.8 cm³/mol. The molecule has 1 aromatic rings. The van der Waals surface area contributed by atoms with Gasteiger partial charge in [0.15, 0.2) is 6.61 Å². The van der Waals surface area contributed by atoms with Gasteiger partial charge < -0.3 is 15.2 Å². The summed E-state index contributed by atoms with van der Waals surface area (Å²) in [5, 5.41) is 11.0. The van der Waals surface area contributed by atoms with Gasteiger partial charge in [-0.3, -0.25) is 4.79 Å². The minimum atomic E-state index is -0.233. The third-order valence-electron chi connectivity index (χ3n) is 1.86. The Morgan fingerprint density at radius 3 is 2.69 bits per heavy atom. The van der Waals surface area contributed by atoms with E-state index >= 15 is 0 Å². The van der Waals surface area contributed by atoms with Gasteiger partial charge in [0.25, 0.3) is 5.91 Å². The number of rotatable bonds is 6. The molecule has 0 aliphatic carbocycles. The number of aliphatic hydroxyl groups is 1. The van der Waals surface area contributed by atoms with Crippen LogP contribution in [0.25, 0.3) is 0 Å². The van der Waals surface area contributed by atoms with Gasteiger partial charge in [0, 0.05) is 11.4 Å². The Balaban J connectivity index is 2.33. The Kier molecular flexibility index (Phi) is 5.74. The molecule has 0 aliphatic heterocycles. The van der Waals surface area contributed by atoms with Gasteiger partial charge in [0.05, 0.1) is 6.61 Å². The number of nitrogens with one attached hydrogen (secondary N) is 1. The van der Waals surface area contributed by atoms with Crippen molar-refractivity contribution in [2.24, 2.45) is 0 Å². The lowest BCUT2D eigenvalue weighted by molar-refractivity contribution is -0.123. The van der Waals surface area contributed by atoms with E-state index in [1.54, 1.807) is 11.8 Å². The van der Waals surface area contributed by atoms with Gasteiger partial charge in [0.2, 0.25) is 0 Å². The molecule has 0 unspecified atom stereocenters. The number of hydrogen-bond acceptors (Lipinski definition) is 4. The second-order valence-corrected chi connectivity index (χ2v) is 3.92. The molecular weight excluding hydrogens is 226 g/mol. The standard InChI is InChI=1S/C11H15NO3S/c1-16-10-4-2-9(3-5-10)15-8-11(14)12-6-7-13/h2-5,13H,6-8H2,1H3,(H,12,14). The molecule has 0 spiro atoms. The summed E-state index contributed by atoms with van der Waals surface area (Å²) in [6.45, 7) is 0.167. The predicted octanol–water partition coefficient (Wildman–Crippen LogP) is 0.896. The summed E-state index contributed by atoms with van der Waals surface area (Å²) >= 11 is 1.65. The SMILES string of the molecule is CSc1ccc(OCC(=O)NCCO)cc1. The smallest absolute Gasteiger partial charge is 0.258 e. The molecule has 0 aliphatic rings. The van der Waals surface area contributed by atoms with Crippen molar-refractivity contribution in [3.05, 3.63) is 24.3 Å². The summed E-state index contributed by atoms with van der Waals surface area (Å²) in [4.78, 5) is 12.3. The van der Waals surface area contributed by atoms with Gasteiger partial charge in [-0.25, -0.2) is 0 Å². The molecule has 1 amide bonds. The van der Waals surface area contributed by atoms with Crippen LogP contribution >= 0.6 is 11.8 Å². The number of thioether (sulfide) groups is 1. The van der Waals surface area contributed by atoms with Crippen molar-refractivity contribution in [1.82, 2.24) is 5.32 Å². The first-order valence-electron chi connectivity index (χ1n) is 4.90. The summed E-state index contributed by atoms with van der Waals surface area (Å²) in [5.74, 6) is 0.431. The highest BCUT2D eigenvalue weighted by atomic mass is 32.2. The average molecular weight is 241 g/mol. The van der Waals surface area contributed by atoms with Crippen molar-refractivity contribution < 1.29 is 14.6 Å². The molecule has 1 rings (SSSR count). The van der Waals surface area contributed by atoms with Crippen LogP contribution in [0.4, 0.5) is 0 Å². The molecule has 0 bridgehead atoms. The summed E-state index contributed by atoms with van der Waals surface area (Å²) in [6.07, 6.45) is 2.00. The molecule has 0 heterocycles. The lowest BCUT2D eigenvalue weighted by atomic mass is 10.3. The number of amides is 1. The molecule has 0 saturated heterocycles. The van der Waals surface area contributed by atoms with E-state index in [9.17, 15) is 4.79 Å². The van der Waals surface area contributed by atoms with Crippen LogP contribution in [-0.4, -0.2) is 37.0 Å². The molecular formula is C11H15NO3S. The second kappa shape index (κ2) is 7.14. The van der Waals surface area contributed by atoms with Crippen LogP contribution in [0.15, 0.2) is 29.2 Å². The first kappa shape index (κ1) is 12.9. The van der Waals surface area contributed by atoms with Crippen molar-refractivity contribution in [2.45, 2.75) is 4.90 Å². The Hall–Kier alpha value is -1.20. The van der Waals surface area contributed by atoms with Crippen molar-refractivity contribution in [1.29, 1.82) is 0 Å². The van der Waals surface area contributed by atoms with Crippen LogP contribution in [0.1, 0.15) is 0 Å². The largest absolute Gasteiger partial charge is 0.484 e. The topological polar surface area (TPSA) is 58.6 Å². The number of carbonyl (C=O) groups excluding carboxylic acids is 1. The molecule has 5 heteroatoms. The van der Waals surface area contributed by atoms with Gasteiger partial charge >= 0.3 is 0 Å². The molecule has 0 fully saturated rings. The number of benzene rings is 1. The minimum absolute atomic E-state index is 0.0292. The molecule has 88 valence electrons. The van der Waals surface area contributed by atoms with E-state index in [-0.39, 0.29) is 25.7 Å². The van der Waals surface area contributed by atoms with Crippen LogP contribution in [0.2, 0.25) is 0 Å². The zero-order valence-corrected chi connectivity index (χ0v) is 9.92.